The third-order valence-corrected chi connectivity index (χ3v) is 2.20. The van der Waals surface area contributed by atoms with Crippen LogP contribution in [0.15, 0.2) is 18.2 Å². The Hall–Kier alpha value is -1.35. The molecule has 3 nitrogen and oxygen atoms in total. The Morgan fingerprint density at radius 1 is 1.54 bits per heavy atom. The number of hydrogen-bond donors (Lipinski definition) is 2. The second-order valence-corrected chi connectivity index (χ2v) is 2.92. The Kier molecular flexibility index (Phi) is 3.03. The number of nitrogens with one attached hydrogen (secondary N) is 1. The third kappa shape index (κ3) is 1.87. The van der Waals surface area contributed by atoms with Crippen LogP contribution in [0.3, 0.4) is 0 Å². The highest BCUT2D eigenvalue weighted by atomic mass is 16.2. The van der Waals surface area contributed by atoms with Crippen molar-refractivity contribution in [3.8, 4) is 0 Å². The van der Waals surface area contributed by atoms with Crippen LogP contribution >= 0.6 is 0 Å². The fourth-order valence-electron chi connectivity index (χ4n) is 1.39. The van der Waals surface area contributed by atoms with Crippen LogP contribution in [0.5, 0.6) is 0 Å². The number of hydrogen-bond acceptors (Lipinski definition) is 2. The predicted molar refractivity (Wildman–Crippen MR) is 52.2 cm³/mol. The molecule has 3 N–H and O–H groups in total. The summed E-state index contributed by atoms with van der Waals surface area (Å²) in [5.41, 5.74) is 4.98. The van der Waals surface area contributed by atoms with Gasteiger partial charge in [-0.05, 0) is 30.5 Å². The highest BCUT2D eigenvalue weighted by Gasteiger charge is 2.08. The van der Waals surface area contributed by atoms with Gasteiger partial charge in [0, 0.05) is 5.56 Å². The summed E-state index contributed by atoms with van der Waals surface area (Å²) in [6.45, 7) is 4.00. The summed E-state index contributed by atoms with van der Waals surface area (Å²) in [7, 11) is 0. The predicted octanol–water partition coefficient (Wildman–Crippen LogP) is 1.16. The minimum atomic E-state index is -0.229. The molecule has 0 saturated carbocycles. The van der Waals surface area contributed by atoms with Gasteiger partial charge >= 0.3 is 0 Å². The monoisotopic (exact) mass is 178 g/mol. The smallest absolute Gasteiger partial charge is 0.265 e. The first-order chi connectivity index (χ1) is 6.20. The maximum Gasteiger partial charge on any atom is 0.265 e. The van der Waals surface area contributed by atoms with Crippen molar-refractivity contribution in [1.29, 1.82) is 0 Å². The number of nitrogens with two attached hydrogens (primary N) is 1. The van der Waals surface area contributed by atoms with Crippen LogP contribution in [0, 0.1) is 6.92 Å². The van der Waals surface area contributed by atoms with E-state index in [2.05, 4.69) is 12.3 Å². The summed E-state index contributed by atoms with van der Waals surface area (Å²) in [5, 5.41) is 0. The molecule has 0 aliphatic carbocycles. The van der Waals surface area contributed by atoms with Crippen molar-refractivity contribution >= 4 is 5.91 Å². The van der Waals surface area contributed by atoms with E-state index in [-0.39, 0.29) is 5.91 Å². The van der Waals surface area contributed by atoms with Gasteiger partial charge in [-0.25, -0.2) is 5.84 Å². The molecule has 70 valence electrons. The number of rotatable bonds is 2. The van der Waals surface area contributed by atoms with E-state index in [0.717, 1.165) is 12.0 Å². The molecule has 1 aromatic rings. The number of benzene rings is 1. The van der Waals surface area contributed by atoms with Crippen molar-refractivity contribution in [1.82, 2.24) is 5.43 Å². The van der Waals surface area contributed by atoms with E-state index in [1.54, 1.807) is 6.07 Å². The average Bonchev–Trinajstić information content (AvgIpc) is 2.17. The summed E-state index contributed by atoms with van der Waals surface area (Å²) in [4.78, 5) is 11.3. The van der Waals surface area contributed by atoms with Gasteiger partial charge < -0.3 is 0 Å². The van der Waals surface area contributed by atoms with Crippen LogP contribution in [-0.2, 0) is 6.42 Å². The lowest BCUT2D eigenvalue weighted by molar-refractivity contribution is 0.0953. The van der Waals surface area contributed by atoms with E-state index in [9.17, 15) is 4.79 Å². The Morgan fingerprint density at radius 2 is 2.23 bits per heavy atom. The zero-order chi connectivity index (χ0) is 9.84. The minimum absolute atomic E-state index is 0.229. The lowest BCUT2D eigenvalue weighted by Gasteiger charge is -2.07. The van der Waals surface area contributed by atoms with Crippen LogP contribution in [0.2, 0.25) is 0 Å². The number of nitrogen functional groups attached to an aromatic ring is 1. The molecule has 0 radical (unpaired) electrons. The summed E-state index contributed by atoms with van der Waals surface area (Å²) < 4.78 is 0. The maximum absolute atomic E-state index is 11.3. The molecule has 0 spiro atoms. The lowest BCUT2D eigenvalue weighted by Crippen LogP contribution is -2.30. The van der Waals surface area contributed by atoms with Crippen molar-refractivity contribution in [3.63, 3.8) is 0 Å². The normalized spacial score (nSPS) is 9.77. The van der Waals surface area contributed by atoms with Gasteiger partial charge in [0.25, 0.3) is 5.91 Å². The second kappa shape index (κ2) is 4.05. The van der Waals surface area contributed by atoms with E-state index >= 15 is 0 Å². The molecule has 1 amide bonds. The van der Waals surface area contributed by atoms with Gasteiger partial charge in [-0.3, -0.25) is 10.2 Å². The number of amides is 1. The topological polar surface area (TPSA) is 55.1 Å². The van der Waals surface area contributed by atoms with Crippen LogP contribution in [0.25, 0.3) is 0 Å². The van der Waals surface area contributed by atoms with Crippen LogP contribution in [0.4, 0.5) is 0 Å². The molecule has 0 aliphatic heterocycles. The third-order valence-electron chi connectivity index (χ3n) is 2.20. The van der Waals surface area contributed by atoms with E-state index < -0.39 is 0 Å². The lowest BCUT2D eigenvalue weighted by atomic mass is 10.0. The highest BCUT2D eigenvalue weighted by molar-refractivity contribution is 5.95. The minimum Gasteiger partial charge on any atom is -0.290 e. The Bertz CT molecular complexity index is 321. The molecule has 0 aromatic heterocycles. The molecule has 0 saturated heterocycles. The van der Waals surface area contributed by atoms with E-state index in [4.69, 9.17) is 5.84 Å². The first-order valence-corrected chi connectivity index (χ1v) is 4.30. The van der Waals surface area contributed by atoms with Gasteiger partial charge in [-0.2, -0.15) is 0 Å². The van der Waals surface area contributed by atoms with Crippen molar-refractivity contribution in [2.45, 2.75) is 20.3 Å². The van der Waals surface area contributed by atoms with Gasteiger partial charge in [0.05, 0.1) is 0 Å². The Labute approximate surface area is 77.9 Å². The van der Waals surface area contributed by atoms with Gasteiger partial charge in [0.1, 0.15) is 0 Å². The van der Waals surface area contributed by atoms with Gasteiger partial charge in [0.2, 0.25) is 0 Å². The molecule has 0 atom stereocenters. The second-order valence-electron chi connectivity index (χ2n) is 2.92. The molecule has 1 rings (SSSR count). The summed E-state index contributed by atoms with van der Waals surface area (Å²) >= 11 is 0. The van der Waals surface area contributed by atoms with E-state index in [1.807, 2.05) is 19.1 Å². The fraction of sp³-hybridized carbons (Fsp3) is 0.300. The Balaban J connectivity index is 3.15. The number of aryl methyl sites for hydroxylation is 1. The van der Waals surface area contributed by atoms with Crippen LogP contribution < -0.4 is 11.3 Å². The van der Waals surface area contributed by atoms with E-state index in [0.29, 0.717) is 5.56 Å². The molecule has 0 unspecified atom stereocenters. The summed E-state index contributed by atoms with van der Waals surface area (Å²) in [6, 6.07) is 5.66. The molecule has 0 fully saturated rings. The first-order valence-electron chi connectivity index (χ1n) is 4.30. The standard InChI is InChI=1S/C10H14N2O/c1-3-8-5-4-6-9(7(8)2)10(13)12-11/h4-6H,3,11H2,1-2H3,(H,12,13). The maximum atomic E-state index is 11.3. The largest absolute Gasteiger partial charge is 0.290 e. The van der Waals surface area contributed by atoms with Gasteiger partial charge in [0.15, 0.2) is 0 Å². The number of carbonyl (C=O) groups is 1. The quantitative estimate of drug-likeness (QED) is 0.405. The zero-order valence-corrected chi connectivity index (χ0v) is 7.92. The van der Waals surface area contributed by atoms with Crippen LogP contribution in [0.1, 0.15) is 28.4 Å². The van der Waals surface area contributed by atoms with Gasteiger partial charge in [-0.1, -0.05) is 19.1 Å². The molecular weight excluding hydrogens is 164 g/mol. The van der Waals surface area contributed by atoms with Crippen molar-refractivity contribution in [2.24, 2.45) is 5.84 Å². The number of hydrazine groups is 1. The van der Waals surface area contributed by atoms with Crippen molar-refractivity contribution < 1.29 is 4.79 Å². The van der Waals surface area contributed by atoms with Crippen molar-refractivity contribution in [3.05, 3.63) is 34.9 Å². The van der Waals surface area contributed by atoms with E-state index in [1.165, 1.54) is 5.56 Å². The molecule has 3 heteroatoms. The first kappa shape index (κ1) is 9.74. The summed E-state index contributed by atoms with van der Waals surface area (Å²) in [6.07, 6.45) is 0.928. The fourth-order valence-corrected chi connectivity index (χ4v) is 1.39. The van der Waals surface area contributed by atoms with Gasteiger partial charge in [-0.15, -0.1) is 0 Å². The molecular formula is C10H14N2O. The molecule has 0 aliphatic rings. The molecule has 0 heterocycles. The molecule has 1 aromatic carbocycles. The molecule has 0 bridgehead atoms. The summed E-state index contributed by atoms with van der Waals surface area (Å²) in [5.74, 6) is 4.84. The zero-order valence-electron chi connectivity index (χ0n) is 7.92. The highest BCUT2D eigenvalue weighted by Crippen LogP contribution is 2.13. The van der Waals surface area contributed by atoms with Crippen LogP contribution in [-0.4, -0.2) is 5.91 Å². The molecule has 13 heavy (non-hydrogen) atoms. The van der Waals surface area contributed by atoms with Crippen molar-refractivity contribution in [2.75, 3.05) is 0 Å². The SMILES string of the molecule is CCc1cccc(C(=O)NN)c1C. The average molecular weight is 178 g/mol. The Morgan fingerprint density at radius 3 is 2.77 bits per heavy atom. The number of carbonyl (C=O) groups excluding carboxylic acids is 1.